The van der Waals surface area contributed by atoms with E-state index in [0.717, 1.165) is 19.6 Å². The molecule has 120 valence electrons. The fourth-order valence-electron chi connectivity index (χ4n) is 1.91. The van der Waals surface area contributed by atoms with Gasteiger partial charge in [0.1, 0.15) is 0 Å². The second-order valence-electron chi connectivity index (χ2n) is 5.09. The van der Waals surface area contributed by atoms with Crippen LogP contribution < -0.4 is 10.6 Å². The summed E-state index contributed by atoms with van der Waals surface area (Å²) in [5.74, 6) is -0.332. The van der Waals surface area contributed by atoms with Crippen LogP contribution in [0.15, 0.2) is 36.4 Å². The van der Waals surface area contributed by atoms with Crippen LogP contribution in [0.5, 0.6) is 0 Å². The lowest BCUT2D eigenvalue weighted by Gasteiger charge is -2.17. The molecule has 2 N–H and O–H groups in total. The molecule has 0 atom stereocenters. The maximum absolute atomic E-state index is 12.0. The Balaban J connectivity index is 2.50. The topological polar surface area (TPSA) is 61.4 Å². The molecule has 1 rings (SSSR count). The van der Waals surface area contributed by atoms with Crippen LogP contribution >= 0.6 is 0 Å². The smallest absolute Gasteiger partial charge is 0.251 e. The molecule has 0 saturated heterocycles. The number of amides is 2. The van der Waals surface area contributed by atoms with E-state index in [1.165, 1.54) is 0 Å². The highest BCUT2D eigenvalue weighted by molar-refractivity contribution is 6.03. The molecule has 0 aliphatic rings. The Morgan fingerprint density at radius 3 is 2.23 bits per heavy atom. The average molecular weight is 303 g/mol. The maximum Gasteiger partial charge on any atom is 0.251 e. The van der Waals surface area contributed by atoms with E-state index in [2.05, 4.69) is 36.0 Å². The van der Waals surface area contributed by atoms with Crippen LogP contribution in [0.4, 0.5) is 5.69 Å². The summed E-state index contributed by atoms with van der Waals surface area (Å²) in [7, 11) is 0. The van der Waals surface area contributed by atoms with Gasteiger partial charge in [0.25, 0.3) is 11.8 Å². The zero-order chi connectivity index (χ0) is 16.5. The first-order valence-corrected chi connectivity index (χ1v) is 7.55. The number of benzene rings is 1. The Kier molecular flexibility index (Phi) is 7.32. The van der Waals surface area contributed by atoms with Crippen molar-refractivity contribution < 1.29 is 9.59 Å². The lowest BCUT2D eigenvalue weighted by atomic mass is 10.2. The summed E-state index contributed by atoms with van der Waals surface area (Å²) < 4.78 is 0. The van der Waals surface area contributed by atoms with Gasteiger partial charge in [0, 0.05) is 29.9 Å². The van der Waals surface area contributed by atoms with Gasteiger partial charge in [-0.1, -0.05) is 20.4 Å². The highest BCUT2D eigenvalue weighted by Gasteiger charge is 2.07. The number of likely N-dealkylation sites (N-methyl/N-ethyl adjacent to an activating group) is 1. The van der Waals surface area contributed by atoms with Crippen LogP contribution in [-0.4, -0.2) is 42.9 Å². The van der Waals surface area contributed by atoms with E-state index in [9.17, 15) is 9.59 Å². The quantitative estimate of drug-likeness (QED) is 0.724. The Morgan fingerprint density at radius 1 is 1.14 bits per heavy atom. The van der Waals surface area contributed by atoms with Crippen LogP contribution in [0, 0.1) is 0 Å². The molecule has 0 bridgehead atoms. The number of hydrogen-bond donors (Lipinski definition) is 2. The molecule has 0 unspecified atom stereocenters. The minimum absolute atomic E-state index is 0.107. The summed E-state index contributed by atoms with van der Waals surface area (Å²) in [6.45, 7) is 12.8. The number of carbonyl (C=O) groups is 2. The molecule has 0 saturated carbocycles. The highest BCUT2D eigenvalue weighted by Crippen LogP contribution is 2.10. The van der Waals surface area contributed by atoms with Gasteiger partial charge in [-0.25, -0.2) is 0 Å². The molecule has 0 fully saturated rings. The van der Waals surface area contributed by atoms with E-state index in [1.807, 2.05) is 0 Å². The van der Waals surface area contributed by atoms with Crippen molar-refractivity contribution in [1.82, 2.24) is 10.2 Å². The van der Waals surface area contributed by atoms with Gasteiger partial charge in [0.2, 0.25) is 0 Å². The lowest BCUT2D eigenvalue weighted by Crippen LogP contribution is -2.34. The number of rotatable bonds is 8. The van der Waals surface area contributed by atoms with Crippen molar-refractivity contribution in [2.45, 2.75) is 20.8 Å². The molecule has 0 aromatic heterocycles. The number of nitrogens with one attached hydrogen (secondary N) is 2. The molecule has 22 heavy (non-hydrogen) atoms. The van der Waals surface area contributed by atoms with Crippen molar-refractivity contribution in [1.29, 1.82) is 0 Å². The number of anilines is 1. The zero-order valence-electron chi connectivity index (χ0n) is 13.6. The Morgan fingerprint density at radius 2 is 1.73 bits per heavy atom. The van der Waals surface area contributed by atoms with E-state index in [1.54, 1.807) is 31.2 Å². The number of nitrogens with zero attached hydrogens (tertiary/aromatic N) is 1. The molecule has 5 heteroatoms. The molecule has 1 aromatic carbocycles. The fraction of sp³-hybridized carbons (Fsp3) is 0.412. The summed E-state index contributed by atoms with van der Waals surface area (Å²) in [5, 5.41) is 5.60. The first-order valence-electron chi connectivity index (χ1n) is 7.55. The van der Waals surface area contributed by atoms with E-state index < -0.39 is 0 Å². The van der Waals surface area contributed by atoms with Crippen molar-refractivity contribution in [3.8, 4) is 0 Å². The minimum Gasteiger partial charge on any atom is -0.351 e. The molecular weight excluding hydrogens is 278 g/mol. The standard InChI is InChI=1S/C17H25N3O2/c1-5-20(6-2)12-11-18-17(22)14-7-9-15(10-8-14)19-16(21)13(3)4/h7-10H,3,5-6,11-12H2,1-2,4H3,(H,18,22)(H,19,21). The van der Waals surface area contributed by atoms with Crippen LogP contribution in [0.2, 0.25) is 0 Å². The predicted octanol–water partition coefficient (Wildman–Crippen LogP) is 2.27. The fourth-order valence-corrected chi connectivity index (χ4v) is 1.91. The molecule has 0 radical (unpaired) electrons. The third kappa shape index (κ3) is 5.69. The Labute approximate surface area is 132 Å². The summed E-state index contributed by atoms with van der Waals surface area (Å²) in [5.41, 5.74) is 1.67. The van der Waals surface area contributed by atoms with Crippen LogP contribution in [0.25, 0.3) is 0 Å². The first kappa shape index (κ1) is 17.9. The minimum atomic E-state index is -0.226. The van der Waals surface area contributed by atoms with Gasteiger partial charge in [-0.15, -0.1) is 0 Å². The largest absolute Gasteiger partial charge is 0.351 e. The molecule has 0 heterocycles. The highest BCUT2D eigenvalue weighted by atomic mass is 16.2. The summed E-state index contributed by atoms with van der Waals surface area (Å²) in [4.78, 5) is 25.8. The van der Waals surface area contributed by atoms with Gasteiger partial charge in [-0.2, -0.15) is 0 Å². The van der Waals surface area contributed by atoms with Gasteiger partial charge in [-0.05, 0) is 44.3 Å². The number of carbonyl (C=O) groups excluding carboxylic acids is 2. The monoisotopic (exact) mass is 303 g/mol. The molecule has 0 aliphatic heterocycles. The van der Waals surface area contributed by atoms with Gasteiger partial charge in [0.05, 0.1) is 0 Å². The van der Waals surface area contributed by atoms with E-state index >= 15 is 0 Å². The van der Waals surface area contributed by atoms with Crippen molar-refractivity contribution in [3.05, 3.63) is 42.0 Å². The van der Waals surface area contributed by atoms with Gasteiger partial charge in [0.15, 0.2) is 0 Å². The average Bonchev–Trinajstić information content (AvgIpc) is 2.52. The summed E-state index contributed by atoms with van der Waals surface area (Å²) >= 11 is 0. The van der Waals surface area contributed by atoms with Crippen molar-refractivity contribution >= 4 is 17.5 Å². The molecule has 0 aliphatic carbocycles. The van der Waals surface area contributed by atoms with Gasteiger partial charge in [-0.3, -0.25) is 9.59 Å². The zero-order valence-corrected chi connectivity index (χ0v) is 13.6. The third-order valence-corrected chi connectivity index (χ3v) is 3.40. The van der Waals surface area contributed by atoms with Gasteiger partial charge >= 0.3 is 0 Å². The second-order valence-corrected chi connectivity index (χ2v) is 5.09. The first-order chi connectivity index (χ1) is 10.5. The molecule has 1 aromatic rings. The number of hydrogen-bond acceptors (Lipinski definition) is 3. The van der Waals surface area contributed by atoms with E-state index in [-0.39, 0.29) is 11.8 Å². The molecule has 0 spiro atoms. The van der Waals surface area contributed by atoms with Crippen molar-refractivity contribution in [2.24, 2.45) is 0 Å². The second kappa shape index (κ2) is 9.00. The summed E-state index contributed by atoms with van der Waals surface area (Å²) in [6, 6.07) is 6.81. The third-order valence-electron chi connectivity index (χ3n) is 3.40. The Bertz CT molecular complexity index is 519. The predicted molar refractivity (Wildman–Crippen MR) is 90.0 cm³/mol. The summed E-state index contributed by atoms with van der Waals surface area (Å²) in [6.07, 6.45) is 0. The van der Waals surface area contributed by atoms with Crippen LogP contribution in [0.3, 0.4) is 0 Å². The van der Waals surface area contributed by atoms with Crippen LogP contribution in [0.1, 0.15) is 31.1 Å². The van der Waals surface area contributed by atoms with E-state index in [4.69, 9.17) is 0 Å². The molecule has 5 nitrogen and oxygen atoms in total. The molecular formula is C17H25N3O2. The van der Waals surface area contributed by atoms with Crippen LogP contribution in [-0.2, 0) is 4.79 Å². The van der Waals surface area contributed by atoms with E-state index in [0.29, 0.717) is 23.4 Å². The SMILES string of the molecule is C=C(C)C(=O)Nc1ccc(C(=O)NCCN(CC)CC)cc1. The molecule has 2 amide bonds. The van der Waals surface area contributed by atoms with Crippen molar-refractivity contribution in [3.63, 3.8) is 0 Å². The van der Waals surface area contributed by atoms with Crippen molar-refractivity contribution in [2.75, 3.05) is 31.5 Å². The normalized spacial score (nSPS) is 10.4. The van der Waals surface area contributed by atoms with Gasteiger partial charge < -0.3 is 15.5 Å². The Hall–Kier alpha value is -2.14. The lowest BCUT2D eigenvalue weighted by molar-refractivity contribution is -0.112. The maximum atomic E-state index is 12.0.